The minimum atomic E-state index is 0.253. The summed E-state index contributed by atoms with van der Waals surface area (Å²) >= 11 is 0. The highest BCUT2D eigenvalue weighted by Crippen LogP contribution is 2.27. The molecule has 1 heteroatoms. The first-order valence-electron chi connectivity index (χ1n) is 6.69. The molecule has 0 saturated heterocycles. The molecule has 0 saturated carbocycles. The van der Waals surface area contributed by atoms with Crippen LogP contribution in [0.4, 0.5) is 0 Å². The molecule has 0 bridgehead atoms. The van der Waals surface area contributed by atoms with Gasteiger partial charge in [-0.3, -0.25) is 4.79 Å². The quantitative estimate of drug-likeness (QED) is 0.602. The number of allylic oxidation sites excluding steroid dienone is 2. The Kier molecular flexibility index (Phi) is 5.24. The Labute approximate surface area is 100 Å². The molecule has 2 atom stereocenters. The topological polar surface area (TPSA) is 17.1 Å². The summed E-state index contributed by atoms with van der Waals surface area (Å²) in [6, 6.07) is 0. The van der Waals surface area contributed by atoms with Crippen LogP contribution in [0.25, 0.3) is 0 Å². The minimum Gasteiger partial charge on any atom is -0.299 e. The Morgan fingerprint density at radius 3 is 2.62 bits per heavy atom. The standard InChI is InChI=1S/C15H26O/c1-11(2)14-9-8-12(3)6-5-7-13(4)15(16)10-14/h6,11,13-14H,5,7-10H2,1-4H3/b12-6+/t13-,14-/m1/s1. The van der Waals surface area contributed by atoms with E-state index in [9.17, 15) is 4.79 Å². The van der Waals surface area contributed by atoms with Crippen LogP contribution in [0.3, 0.4) is 0 Å². The average Bonchev–Trinajstić information content (AvgIpc) is 2.22. The summed E-state index contributed by atoms with van der Waals surface area (Å²) in [6.45, 7) is 8.80. The van der Waals surface area contributed by atoms with E-state index in [1.165, 1.54) is 18.4 Å². The lowest BCUT2D eigenvalue weighted by Gasteiger charge is -2.23. The van der Waals surface area contributed by atoms with Crippen LogP contribution in [-0.2, 0) is 4.79 Å². The number of hydrogen-bond acceptors (Lipinski definition) is 1. The van der Waals surface area contributed by atoms with Gasteiger partial charge in [0.25, 0.3) is 0 Å². The van der Waals surface area contributed by atoms with Crippen molar-refractivity contribution in [1.82, 2.24) is 0 Å². The van der Waals surface area contributed by atoms with E-state index in [0.717, 1.165) is 19.3 Å². The molecule has 0 heterocycles. The molecule has 0 fully saturated rings. The first kappa shape index (κ1) is 13.5. The first-order valence-corrected chi connectivity index (χ1v) is 6.69. The smallest absolute Gasteiger partial charge is 0.135 e. The minimum absolute atomic E-state index is 0.253. The lowest BCUT2D eigenvalue weighted by atomic mass is 9.82. The first-order chi connectivity index (χ1) is 7.50. The molecule has 1 nitrogen and oxygen atoms in total. The third-order valence-electron chi connectivity index (χ3n) is 3.96. The Morgan fingerprint density at radius 2 is 2.00 bits per heavy atom. The molecule has 0 amide bonds. The van der Waals surface area contributed by atoms with Gasteiger partial charge in [-0.1, -0.05) is 32.4 Å². The number of carbonyl (C=O) groups is 1. The Hall–Kier alpha value is -0.590. The molecule has 0 aromatic rings. The molecular weight excluding hydrogens is 196 g/mol. The third-order valence-corrected chi connectivity index (χ3v) is 3.96. The van der Waals surface area contributed by atoms with Crippen molar-refractivity contribution >= 4 is 5.78 Å². The van der Waals surface area contributed by atoms with Crippen LogP contribution in [0.15, 0.2) is 11.6 Å². The van der Waals surface area contributed by atoms with E-state index < -0.39 is 0 Å². The highest BCUT2D eigenvalue weighted by Gasteiger charge is 2.21. The Bertz CT molecular complexity index is 263. The SMILES string of the molecule is C/C1=C\CC[C@@H](C)C(=O)C[C@H](C(C)C)CC1. The second-order valence-electron chi connectivity index (χ2n) is 5.74. The van der Waals surface area contributed by atoms with Crippen LogP contribution in [0.1, 0.15) is 59.8 Å². The van der Waals surface area contributed by atoms with E-state index in [1.54, 1.807) is 0 Å². The van der Waals surface area contributed by atoms with Gasteiger partial charge in [-0.2, -0.15) is 0 Å². The van der Waals surface area contributed by atoms with E-state index in [-0.39, 0.29) is 5.92 Å². The molecule has 0 radical (unpaired) electrons. The number of ketones is 1. The molecule has 0 N–H and O–H groups in total. The second-order valence-corrected chi connectivity index (χ2v) is 5.74. The van der Waals surface area contributed by atoms with Crippen molar-refractivity contribution in [2.24, 2.45) is 17.8 Å². The number of carbonyl (C=O) groups excluding carboxylic acids is 1. The molecule has 1 rings (SSSR count). The number of Topliss-reactive ketones (excluding diaryl/α,β-unsaturated/α-hetero) is 1. The van der Waals surface area contributed by atoms with Gasteiger partial charge in [0, 0.05) is 12.3 Å². The fraction of sp³-hybridized carbons (Fsp3) is 0.800. The van der Waals surface area contributed by atoms with E-state index in [0.29, 0.717) is 17.6 Å². The molecule has 0 aromatic heterocycles. The van der Waals surface area contributed by atoms with Gasteiger partial charge in [0.2, 0.25) is 0 Å². The normalized spacial score (nSPS) is 32.3. The van der Waals surface area contributed by atoms with Gasteiger partial charge >= 0.3 is 0 Å². The van der Waals surface area contributed by atoms with Crippen LogP contribution in [0.5, 0.6) is 0 Å². The zero-order chi connectivity index (χ0) is 12.1. The molecule has 0 aromatic carbocycles. The highest BCUT2D eigenvalue weighted by atomic mass is 16.1. The predicted molar refractivity (Wildman–Crippen MR) is 69.3 cm³/mol. The zero-order valence-corrected chi connectivity index (χ0v) is 11.3. The van der Waals surface area contributed by atoms with Crippen molar-refractivity contribution in [3.63, 3.8) is 0 Å². The molecule has 0 unspecified atom stereocenters. The molecule has 92 valence electrons. The number of hydrogen-bond donors (Lipinski definition) is 0. The summed E-state index contributed by atoms with van der Waals surface area (Å²) < 4.78 is 0. The molecule has 0 aliphatic heterocycles. The van der Waals surface area contributed by atoms with Gasteiger partial charge < -0.3 is 0 Å². The molecule has 1 aliphatic carbocycles. The van der Waals surface area contributed by atoms with Gasteiger partial charge in [-0.25, -0.2) is 0 Å². The highest BCUT2D eigenvalue weighted by molar-refractivity contribution is 5.80. The molecule has 1 aliphatic rings. The van der Waals surface area contributed by atoms with Crippen molar-refractivity contribution in [2.75, 3.05) is 0 Å². The van der Waals surface area contributed by atoms with E-state index in [2.05, 4.69) is 33.8 Å². The van der Waals surface area contributed by atoms with Crippen molar-refractivity contribution in [3.05, 3.63) is 11.6 Å². The fourth-order valence-corrected chi connectivity index (χ4v) is 2.39. The Morgan fingerprint density at radius 1 is 1.31 bits per heavy atom. The van der Waals surface area contributed by atoms with Crippen LogP contribution >= 0.6 is 0 Å². The molecule has 0 spiro atoms. The van der Waals surface area contributed by atoms with Gasteiger partial charge in [-0.15, -0.1) is 0 Å². The maximum absolute atomic E-state index is 12.0. The van der Waals surface area contributed by atoms with Gasteiger partial charge in [-0.05, 0) is 44.4 Å². The van der Waals surface area contributed by atoms with Crippen molar-refractivity contribution < 1.29 is 4.79 Å². The lowest BCUT2D eigenvalue weighted by Crippen LogP contribution is -2.20. The summed E-state index contributed by atoms with van der Waals surface area (Å²) in [6.07, 6.45) is 7.58. The Balaban J connectivity index is 2.72. The number of rotatable bonds is 1. The van der Waals surface area contributed by atoms with Gasteiger partial charge in [0.1, 0.15) is 5.78 Å². The summed E-state index contributed by atoms with van der Waals surface area (Å²) in [4.78, 5) is 12.0. The zero-order valence-electron chi connectivity index (χ0n) is 11.3. The van der Waals surface area contributed by atoms with Gasteiger partial charge in [0.05, 0.1) is 0 Å². The summed E-state index contributed by atoms with van der Waals surface area (Å²) in [5, 5.41) is 0. The van der Waals surface area contributed by atoms with E-state index >= 15 is 0 Å². The monoisotopic (exact) mass is 222 g/mol. The van der Waals surface area contributed by atoms with Gasteiger partial charge in [0.15, 0.2) is 0 Å². The van der Waals surface area contributed by atoms with Crippen LogP contribution in [0.2, 0.25) is 0 Å². The third kappa shape index (κ3) is 4.11. The summed E-state index contributed by atoms with van der Waals surface area (Å²) in [5.74, 6) is 1.94. The maximum Gasteiger partial charge on any atom is 0.135 e. The molecular formula is C15H26O. The lowest BCUT2D eigenvalue weighted by molar-refractivity contribution is -0.123. The van der Waals surface area contributed by atoms with Crippen molar-refractivity contribution in [1.29, 1.82) is 0 Å². The van der Waals surface area contributed by atoms with E-state index in [1.807, 2.05) is 0 Å². The van der Waals surface area contributed by atoms with Crippen molar-refractivity contribution in [3.8, 4) is 0 Å². The fourth-order valence-electron chi connectivity index (χ4n) is 2.39. The molecule has 16 heavy (non-hydrogen) atoms. The largest absolute Gasteiger partial charge is 0.299 e. The van der Waals surface area contributed by atoms with Crippen LogP contribution < -0.4 is 0 Å². The second kappa shape index (κ2) is 6.22. The summed E-state index contributed by atoms with van der Waals surface area (Å²) in [5.41, 5.74) is 1.51. The maximum atomic E-state index is 12.0. The van der Waals surface area contributed by atoms with E-state index in [4.69, 9.17) is 0 Å². The van der Waals surface area contributed by atoms with Crippen molar-refractivity contribution in [2.45, 2.75) is 59.8 Å². The predicted octanol–water partition coefficient (Wildman–Crippen LogP) is 4.37. The van der Waals surface area contributed by atoms with Crippen LogP contribution in [0, 0.1) is 17.8 Å². The summed E-state index contributed by atoms with van der Waals surface area (Å²) in [7, 11) is 0. The van der Waals surface area contributed by atoms with Crippen LogP contribution in [-0.4, -0.2) is 5.78 Å². The average molecular weight is 222 g/mol.